The van der Waals surface area contributed by atoms with Crippen molar-refractivity contribution in [1.82, 2.24) is 4.90 Å². The molecule has 0 aromatic rings. The van der Waals surface area contributed by atoms with Crippen molar-refractivity contribution in [3.05, 3.63) is 0 Å². The van der Waals surface area contributed by atoms with Crippen LogP contribution in [0, 0.1) is 11.8 Å². The highest BCUT2D eigenvalue weighted by Gasteiger charge is 2.26. The minimum atomic E-state index is 0.310. The van der Waals surface area contributed by atoms with Crippen LogP contribution in [0.2, 0.25) is 0 Å². The third-order valence-corrected chi connectivity index (χ3v) is 4.84. The van der Waals surface area contributed by atoms with E-state index in [2.05, 4.69) is 6.92 Å². The first-order chi connectivity index (χ1) is 8.66. The minimum Gasteiger partial charge on any atom is -0.343 e. The van der Waals surface area contributed by atoms with Gasteiger partial charge in [0.05, 0.1) is 0 Å². The van der Waals surface area contributed by atoms with E-state index in [1.807, 2.05) is 4.90 Å². The average molecular weight is 252 g/mol. The van der Waals surface area contributed by atoms with Crippen molar-refractivity contribution >= 4 is 5.91 Å². The predicted octanol–water partition coefficient (Wildman–Crippen LogP) is 2.54. The third-order valence-electron chi connectivity index (χ3n) is 4.84. The summed E-state index contributed by atoms with van der Waals surface area (Å²) in [6.07, 6.45) is 9.48. The van der Waals surface area contributed by atoms with Crippen molar-refractivity contribution in [2.24, 2.45) is 17.6 Å². The molecule has 2 fully saturated rings. The highest BCUT2D eigenvalue weighted by atomic mass is 16.2. The molecule has 1 heterocycles. The summed E-state index contributed by atoms with van der Waals surface area (Å²) in [4.78, 5) is 14.3. The van der Waals surface area contributed by atoms with Crippen LogP contribution in [0.1, 0.15) is 58.3 Å². The van der Waals surface area contributed by atoms with E-state index in [9.17, 15) is 4.79 Å². The molecule has 0 bridgehead atoms. The van der Waals surface area contributed by atoms with Crippen molar-refractivity contribution in [1.29, 1.82) is 0 Å². The SMILES string of the molecule is CC(CC(=O)N1CCC(N)CC1)C1CCCCC1. The summed E-state index contributed by atoms with van der Waals surface area (Å²) < 4.78 is 0. The van der Waals surface area contributed by atoms with Gasteiger partial charge in [0.2, 0.25) is 5.91 Å². The average Bonchev–Trinajstić information content (AvgIpc) is 2.40. The van der Waals surface area contributed by atoms with Crippen molar-refractivity contribution in [3.63, 3.8) is 0 Å². The second-order valence-corrected chi connectivity index (χ2v) is 6.30. The van der Waals surface area contributed by atoms with Crippen LogP contribution in [0.4, 0.5) is 0 Å². The molecule has 0 aromatic carbocycles. The zero-order valence-electron chi connectivity index (χ0n) is 11.7. The van der Waals surface area contributed by atoms with Gasteiger partial charge >= 0.3 is 0 Å². The smallest absolute Gasteiger partial charge is 0.222 e. The van der Waals surface area contributed by atoms with Crippen LogP contribution in [0.5, 0.6) is 0 Å². The van der Waals surface area contributed by atoms with Crippen LogP contribution >= 0.6 is 0 Å². The Bertz CT molecular complexity index is 266. The Labute approximate surface area is 111 Å². The lowest BCUT2D eigenvalue weighted by molar-refractivity contribution is -0.133. The molecule has 104 valence electrons. The molecule has 18 heavy (non-hydrogen) atoms. The van der Waals surface area contributed by atoms with Crippen molar-refractivity contribution < 1.29 is 4.79 Å². The van der Waals surface area contributed by atoms with Gasteiger partial charge in [-0.05, 0) is 24.7 Å². The Morgan fingerprint density at radius 2 is 1.78 bits per heavy atom. The number of amides is 1. The first kappa shape index (κ1) is 13.9. The molecule has 0 radical (unpaired) electrons. The van der Waals surface area contributed by atoms with Gasteiger partial charge in [-0.25, -0.2) is 0 Å². The van der Waals surface area contributed by atoms with Crippen molar-refractivity contribution in [2.75, 3.05) is 13.1 Å². The first-order valence-electron chi connectivity index (χ1n) is 7.70. The van der Waals surface area contributed by atoms with E-state index in [-0.39, 0.29) is 0 Å². The van der Waals surface area contributed by atoms with Crippen molar-refractivity contribution in [3.8, 4) is 0 Å². The second kappa shape index (κ2) is 6.55. The lowest BCUT2D eigenvalue weighted by atomic mass is 9.79. The number of nitrogens with two attached hydrogens (primary N) is 1. The molecule has 0 spiro atoms. The van der Waals surface area contributed by atoms with Gasteiger partial charge < -0.3 is 10.6 Å². The quantitative estimate of drug-likeness (QED) is 0.839. The van der Waals surface area contributed by atoms with Gasteiger partial charge in [0.25, 0.3) is 0 Å². The molecule has 1 saturated heterocycles. The molecule has 0 aromatic heterocycles. The van der Waals surface area contributed by atoms with Gasteiger partial charge in [-0.3, -0.25) is 4.79 Å². The van der Waals surface area contributed by atoms with Gasteiger partial charge in [0.15, 0.2) is 0 Å². The van der Waals surface area contributed by atoms with Gasteiger partial charge in [0.1, 0.15) is 0 Å². The Balaban J connectivity index is 1.75. The van der Waals surface area contributed by atoms with E-state index >= 15 is 0 Å². The highest BCUT2D eigenvalue weighted by Crippen LogP contribution is 2.31. The minimum absolute atomic E-state index is 0.310. The summed E-state index contributed by atoms with van der Waals surface area (Å²) in [7, 11) is 0. The van der Waals surface area contributed by atoms with Gasteiger partial charge in [0, 0.05) is 25.6 Å². The maximum atomic E-state index is 12.2. The summed E-state index contributed by atoms with van der Waals surface area (Å²) in [6, 6.07) is 0.310. The fraction of sp³-hybridized carbons (Fsp3) is 0.933. The molecule has 1 amide bonds. The molecule has 2 rings (SSSR count). The molecule has 1 unspecified atom stereocenters. The number of carbonyl (C=O) groups is 1. The maximum absolute atomic E-state index is 12.2. The summed E-state index contributed by atoms with van der Waals surface area (Å²) >= 11 is 0. The number of likely N-dealkylation sites (tertiary alicyclic amines) is 1. The summed E-state index contributed by atoms with van der Waals surface area (Å²) in [5.74, 6) is 1.71. The fourth-order valence-electron chi connectivity index (χ4n) is 3.42. The van der Waals surface area contributed by atoms with Crippen molar-refractivity contribution in [2.45, 2.75) is 64.3 Å². The number of hydrogen-bond donors (Lipinski definition) is 1. The van der Waals surface area contributed by atoms with Crippen LogP contribution in [-0.4, -0.2) is 29.9 Å². The predicted molar refractivity (Wildman–Crippen MR) is 74.1 cm³/mol. The lowest BCUT2D eigenvalue weighted by Gasteiger charge is -2.33. The second-order valence-electron chi connectivity index (χ2n) is 6.30. The largest absolute Gasteiger partial charge is 0.343 e. The van der Waals surface area contributed by atoms with Crippen LogP contribution in [0.25, 0.3) is 0 Å². The van der Waals surface area contributed by atoms with Crippen LogP contribution < -0.4 is 5.73 Å². The number of piperidine rings is 1. The fourth-order valence-corrected chi connectivity index (χ4v) is 3.42. The van der Waals surface area contributed by atoms with Gasteiger partial charge in [-0.1, -0.05) is 39.0 Å². The van der Waals surface area contributed by atoms with E-state index in [0.717, 1.165) is 38.3 Å². The van der Waals surface area contributed by atoms with Crippen LogP contribution in [0.3, 0.4) is 0 Å². The standard InChI is InChI=1S/C15H28N2O/c1-12(13-5-3-2-4-6-13)11-15(18)17-9-7-14(16)8-10-17/h12-14H,2-11,16H2,1H3. The number of rotatable bonds is 3. The van der Waals surface area contributed by atoms with Gasteiger partial charge in [-0.15, -0.1) is 0 Å². The monoisotopic (exact) mass is 252 g/mol. The van der Waals surface area contributed by atoms with E-state index < -0.39 is 0 Å². The molecule has 2 aliphatic rings. The Hall–Kier alpha value is -0.570. The van der Waals surface area contributed by atoms with E-state index in [1.165, 1.54) is 32.1 Å². The molecule has 1 aliphatic heterocycles. The number of carbonyl (C=O) groups excluding carboxylic acids is 1. The Morgan fingerprint density at radius 1 is 1.17 bits per heavy atom. The Morgan fingerprint density at radius 3 is 2.39 bits per heavy atom. The molecule has 1 atom stereocenters. The summed E-state index contributed by atoms with van der Waals surface area (Å²) in [5, 5.41) is 0. The van der Waals surface area contributed by atoms with Crippen LogP contribution in [0.15, 0.2) is 0 Å². The van der Waals surface area contributed by atoms with Crippen LogP contribution in [-0.2, 0) is 4.79 Å². The first-order valence-corrected chi connectivity index (χ1v) is 7.70. The summed E-state index contributed by atoms with van der Waals surface area (Å²) in [5.41, 5.74) is 5.88. The maximum Gasteiger partial charge on any atom is 0.222 e. The summed E-state index contributed by atoms with van der Waals surface area (Å²) in [6.45, 7) is 4.01. The normalized spacial score (nSPS) is 25.1. The number of hydrogen-bond acceptors (Lipinski definition) is 2. The zero-order valence-corrected chi connectivity index (χ0v) is 11.7. The molecule has 3 nitrogen and oxygen atoms in total. The Kier molecular flexibility index (Phi) is 5.04. The molecular weight excluding hydrogens is 224 g/mol. The van der Waals surface area contributed by atoms with E-state index in [1.54, 1.807) is 0 Å². The van der Waals surface area contributed by atoms with Gasteiger partial charge in [-0.2, -0.15) is 0 Å². The lowest BCUT2D eigenvalue weighted by Crippen LogP contribution is -2.43. The molecule has 2 N–H and O–H groups in total. The molecule has 1 saturated carbocycles. The molecule has 1 aliphatic carbocycles. The van der Waals surface area contributed by atoms with E-state index in [0.29, 0.717) is 17.9 Å². The number of nitrogens with zero attached hydrogens (tertiary/aromatic N) is 1. The third kappa shape index (κ3) is 3.71. The molecular formula is C15H28N2O. The topological polar surface area (TPSA) is 46.3 Å². The highest BCUT2D eigenvalue weighted by molar-refractivity contribution is 5.76. The zero-order chi connectivity index (χ0) is 13.0. The molecule has 3 heteroatoms. The van der Waals surface area contributed by atoms with E-state index in [4.69, 9.17) is 5.73 Å².